The van der Waals surface area contributed by atoms with Crippen LogP contribution in [0, 0.1) is 6.92 Å². The lowest BCUT2D eigenvalue weighted by atomic mass is 10.0. The van der Waals surface area contributed by atoms with Crippen LogP contribution >= 0.6 is 33.4 Å². The Labute approximate surface area is 151 Å². The first-order chi connectivity index (χ1) is 11.2. The molecule has 2 rings (SSSR count). The summed E-state index contributed by atoms with van der Waals surface area (Å²) in [6, 6.07) is 6.08. The average Bonchev–Trinajstić information content (AvgIpc) is 2.42. The van der Waals surface area contributed by atoms with Crippen LogP contribution in [0.25, 0.3) is 0 Å². The molecule has 1 nitrogen and oxygen atoms in total. The van der Waals surface area contributed by atoms with Crippen LogP contribution in [0.4, 0.5) is 19.4 Å². The fourth-order valence-corrected chi connectivity index (χ4v) is 3.24. The summed E-state index contributed by atoms with van der Waals surface area (Å²) in [7, 11) is -9.82. The van der Waals surface area contributed by atoms with Crippen LogP contribution < -0.4 is 0 Å². The standard InChI is InChI=1S/C16H13Cl2F5OS/c1-10-6-11(2-4-15(10)17)7-13(24)8-12-9-14(3-5-16(12)18)25(19,20,21,22)23/h2-6,9H,7-8H2,1H3. The number of hydrogen-bond acceptors (Lipinski definition) is 1. The van der Waals surface area contributed by atoms with Gasteiger partial charge < -0.3 is 0 Å². The van der Waals surface area contributed by atoms with Gasteiger partial charge in [-0.2, -0.15) is 0 Å². The van der Waals surface area contributed by atoms with Crippen LogP contribution in [0.2, 0.25) is 10.0 Å². The molecule has 0 unspecified atom stereocenters. The molecule has 0 fully saturated rings. The van der Waals surface area contributed by atoms with Crippen LogP contribution in [0.1, 0.15) is 16.7 Å². The van der Waals surface area contributed by atoms with Crippen molar-refractivity contribution in [1.82, 2.24) is 0 Å². The van der Waals surface area contributed by atoms with Gasteiger partial charge in [-0.05, 0) is 47.9 Å². The number of rotatable bonds is 5. The second-order valence-corrected chi connectivity index (χ2v) is 8.92. The minimum atomic E-state index is -9.82. The van der Waals surface area contributed by atoms with Gasteiger partial charge in [0.15, 0.2) is 0 Å². The predicted octanol–water partition coefficient (Wildman–Crippen LogP) is 7.31. The Bertz CT molecular complexity index is 850. The van der Waals surface area contributed by atoms with E-state index in [-0.39, 0.29) is 29.1 Å². The third-order valence-electron chi connectivity index (χ3n) is 3.47. The maximum Gasteiger partial charge on any atom is 0.310 e. The fraction of sp³-hybridized carbons (Fsp3) is 0.188. The van der Waals surface area contributed by atoms with Crippen molar-refractivity contribution in [3.05, 3.63) is 63.1 Å². The molecule has 25 heavy (non-hydrogen) atoms. The van der Waals surface area contributed by atoms with Gasteiger partial charge >= 0.3 is 10.2 Å². The van der Waals surface area contributed by atoms with Crippen LogP contribution in [0.5, 0.6) is 0 Å². The molecule has 138 valence electrons. The number of carbonyl (C=O) groups excluding carboxylic acids is 1. The molecule has 0 radical (unpaired) electrons. The summed E-state index contributed by atoms with van der Waals surface area (Å²) < 4.78 is 64.4. The molecule has 0 spiro atoms. The van der Waals surface area contributed by atoms with Crippen molar-refractivity contribution in [2.24, 2.45) is 0 Å². The molecule has 0 N–H and O–H groups in total. The molecular weight excluding hydrogens is 406 g/mol. The first kappa shape index (κ1) is 20.0. The third-order valence-corrected chi connectivity index (χ3v) is 5.41. The maximum absolute atomic E-state index is 12.9. The Kier molecular flexibility index (Phi) is 4.69. The highest BCUT2D eigenvalue weighted by atomic mass is 35.5. The highest BCUT2D eigenvalue weighted by Gasteiger charge is 2.65. The number of carbonyl (C=O) groups is 1. The zero-order valence-electron chi connectivity index (χ0n) is 12.8. The van der Waals surface area contributed by atoms with Gasteiger partial charge in [-0.15, -0.1) is 0 Å². The number of Topliss-reactive ketones (excluding diaryl/α,β-unsaturated/α-hetero) is 1. The van der Waals surface area contributed by atoms with E-state index in [1.165, 1.54) is 0 Å². The number of benzene rings is 2. The SMILES string of the molecule is Cc1cc(CC(=O)Cc2cc(S(F)(F)(F)(F)F)ccc2Cl)ccc1Cl. The summed E-state index contributed by atoms with van der Waals surface area (Å²) in [5, 5.41) is 0.342. The molecule has 2 aromatic carbocycles. The van der Waals surface area contributed by atoms with Gasteiger partial charge in [0.05, 0.1) is 0 Å². The molecule has 0 aliphatic heterocycles. The monoisotopic (exact) mass is 418 g/mol. The smallest absolute Gasteiger partial charge is 0.299 e. The van der Waals surface area contributed by atoms with Gasteiger partial charge in [0.2, 0.25) is 0 Å². The molecule has 0 heterocycles. The lowest BCUT2D eigenvalue weighted by Gasteiger charge is -2.40. The van der Waals surface area contributed by atoms with Crippen LogP contribution in [0.3, 0.4) is 0 Å². The Hall–Kier alpha value is -1.31. The van der Waals surface area contributed by atoms with Crippen molar-refractivity contribution in [2.45, 2.75) is 24.7 Å². The second kappa shape index (κ2) is 5.86. The highest BCUT2D eigenvalue weighted by molar-refractivity contribution is 8.45. The lowest BCUT2D eigenvalue weighted by molar-refractivity contribution is -0.117. The van der Waals surface area contributed by atoms with Crippen LogP contribution in [0.15, 0.2) is 41.3 Å². The summed E-state index contributed by atoms with van der Waals surface area (Å²) in [5.41, 5.74) is 1.07. The largest absolute Gasteiger partial charge is 0.310 e. The lowest BCUT2D eigenvalue weighted by Crippen LogP contribution is -2.10. The first-order valence-electron chi connectivity index (χ1n) is 6.95. The van der Waals surface area contributed by atoms with Gasteiger partial charge in [-0.25, -0.2) is 0 Å². The Balaban J connectivity index is 2.25. The van der Waals surface area contributed by atoms with Crippen molar-refractivity contribution in [3.63, 3.8) is 0 Å². The van der Waals surface area contributed by atoms with E-state index >= 15 is 0 Å². The molecule has 0 aromatic heterocycles. The maximum atomic E-state index is 12.9. The van der Waals surface area contributed by atoms with Crippen molar-refractivity contribution in [2.75, 3.05) is 0 Å². The van der Waals surface area contributed by atoms with E-state index in [4.69, 9.17) is 23.2 Å². The number of halogens is 7. The quantitative estimate of drug-likeness (QED) is 0.465. The minimum Gasteiger partial charge on any atom is -0.299 e. The van der Waals surface area contributed by atoms with Gasteiger partial charge in [0.1, 0.15) is 10.7 Å². The topological polar surface area (TPSA) is 17.1 Å². The molecule has 2 aromatic rings. The Morgan fingerprint density at radius 2 is 1.52 bits per heavy atom. The number of ketones is 1. The molecule has 0 bridgehead atoms. The molecule has 0 aliphatic rings. The number of aryl methyl sites for hydroxylation is 1. The summed E-state index contributed by atoms with van der Waals surface area (Å²) in [6.07, 6.45) is -0.558. The first-order valence-corrected chi connectivity index (χ1v) is 9.66. The average molecular weight is 419 g/mol. The van der Waals surface area contributed by atoms with Crippen molar-refractivity contribution < 1.29 is 24.2 Å². The predicted molar refractivity (Wildman–Crippen MR) is 91.5 cm³/mol. The highest BCUT2D eigenvalue weighted by Crippen LogP contribution is 3.02. The normalized spacial score (nSPS) is 14.7. The molecule has 9 heteroatoms. The Morgan fingerprint density at radius 3 is 2.08 bits per heavy atom. The van der Waals surface area contributed by atoms with Crippen molar-refractivity contribution in [1.29, 1.82) is 0 Å². The molecule has 0 amide bonds. The molecule has 0 aliphatic carbocycles. The fourth-order valence-electron chi connectivity index (χ4n) is 2.25. The second-order valence-electron chi connectivity index (χ2n) is 5.70. The zero-order valence-corrected chi connectivity index (χ0v) is 15.2. The van der Waals surface area contributed by atoms with E-state index in [2.05, 4.69) is 0 Å². The van der Waals surface area contributed by atoms with E-state index in [1.54, 1.807) is 25.1 Å². The summed E-state index contributed by atoms with van der Waals surface area (Å²) in [4.78, 5) is 10.0. The van der Waals surface area contributed by atoms with Gasteiger partial charge in [0.25, 0.3) is 0 Å². The van der Waals surface area contributed by atoms with E-state index in [9.17, 15) is 24.2 Å². The molecule has 0 saturated heterocycles. The van der Waals surface area contributed by atoms with E-state index in [0.29, 0.717) is 10.6 Å². The zero-order chi connectivity index (χ0) is 19.1. The summed E-state index contributed by atoms with van der Waals surface area (Å²) in [6.45, 7) is 1.74. The summed E-state index contributed by atoms with van der Waals surface area (Å²) in [5.74, 6) is -0.456. The summed E-state index contributed by atoms with van der Waals surface area (Å²) >= 11 is 11.6. The molecular formula is C16H13Cl2F5OS. The minimum absolute atomic E-state index is 0.0744. The molecule has 0 saturated carbocycles. The molecule has 0 atom stereocenters. The van der Waals surface area contributed by atoms with E-state index < -0.39 is 27.3 Å². The van der Waals surface area contributed by atoms with Crippen molar-refractivity contribution in [3.8, 4) is 0 Å². The van der Waals surface area contributed by atoms with E-state index in [1.807, 2.05) is 0 Å². The Morgan fingerprint density at radius 1 is 0.920 bits per heavy atom. The van der Waals surface area contributed by atoms with Crippen molar-refractivity contribution >= 4 is 39.2 Å². The number of hydrogen-bond donors (Lipinski definition) is 0. The van der Waals surface area contributed by atoms with Gasteiger partial charge in [-0.3, -0.25) is 4.79 Å². The van der Waals surface area contributed by atoms with Crippen LogP contribution in [-0.2, 0) is 17.6 Å². The third kappa shape index (κ3) is 5.33. The van der Waals surface area contributed by atoms with E-state index in [0.717, 1.165) is 11.6 Å². The van der Waals surface area contributed by atoms with Gasteiger partial charge in [0, 0.05) is 22.9 Å². The van der Waals surface area contributed by atoms with Crippen LogP contribution in [-0.4, -0.2) is 5.78 Å². The van der Waals surface area contributed by atoms with Gasteiger partial charge in [-0.1, -0.05) is 54.8 Å².